The van der Waals surface area contributed by atoms with Crippen molar-refractivity contribution in [1.29, 1.82) is 0 Å². The van der Waals surface area contributed by atoms with Gasteiger partial charge in [0.05, 0.1) is 13.2 Å². The molecule has 0 spiro atoms. The average molecular weight is 300 g/mol. The van der Waals surface area contributed by atoms with Crippen LogP contribution in [0.25, 0.3) is 0 Å². The van der Waals surface area contributed by atoms with Gasteiger partial charge in [-0.05, 0) is 39.5 Å². The first-order chi connectivity index (χ1) is 9.65. The van der Waals surface area contributed by atoms with Crippen LogP contribution in [0.3, 0.4) is 0 Å². The van der Waals surface area contributed by atoms with Crippen LogP contribution in [-0.4, -0.2) is 58.1 Å². The molecule has 3 fully saturated rings. The summed E-state index contributed by atoms with van der Waals surface area (Å²) in [7, 11) is 1.20. The third-order valence-corrected chi connectivity index (χ3v) is 3.66. The zero-order valence-corrected chi connectivity index (χ0v) is 12.5. The number of methoxy groups -OCH3 is 1. The lowest BCUT2D eigenvalue weighted by Gasteiger charge is -2.56. The predicted octanol–water partition coefficient (Wildman–Crippen LogP) is 1.45. The first-order valence-electron chi connectivity index (χ1n) is 6.78. The van der Waals surface area contributed by atoms with Crippen molar-refractivity contribution in [2.24, 2.45) is 5.92 Å². The number of ether oxygens (including phenoxy) is 2. The molecule has 118 valence electrons. The Morgan fingerprint density at radius 2 is 1.71 bits per heavy atom. The molecule has 2 amide bonds. The molecule has 2 aliphatic heterocycles. The molecule has 2 heterocycles. The molecule has 1 aliphatic carbocycles. The Labute approximate surface area is 122 Å². The van der Waals surface area contributed by atoms with Gasteiger partial charge in [-0.1, -0.05) is 0 Å². The van der Waals surface area contributed by atoms with E-state index >= 15 is 0 Å². The quantitative estimate of drug-likeness (QED) is 0.736. The topological polar surface area (TPSA) is 96.4 Å². The molecule has 0 radical (unpaired) electrons. The Bertz CT molecular complexity index is 466. The van der Waals surface area contributed by atoms with Crippen LogP contribution in [0, 0.1) is 5.92 Å². The van der Waals surface area contributed by atoms with Gasteiger partial charge in [-0.15, -0.1) is 0 Å². The highest BCUT2D eigenvalue weighted by atomic mass is 16.6. The first kappa shape index (κ1) is 15.4. The Morgan fingerprint density at radius 3 is 2.14 bits per heavy atom. The number of carbonyl (C=O) groups excluding carboxylic acids is 2. The van der Waals surface area contributed by atoms with Crippen LogP contribution < -0.4 is 0 Å². The van der Waals surface area contributed by atoms with E-state index in [-0.39, 0.29) is 12.0 Å². The second-order valence-electron chi connectivity index (χ2n) is 6.31. The maximum Gasteiger partial charge on any atom is 0.429 e. The van der Waals surface area contributed by atoms with Gasteiger partial charge in [0.1, 0.15) is 5.60 Å². The molecule has 2 bridgehead atoms. The fourth-order valence-electron chi connectivity index (χ4n) is 2.77. The van der Waals surface area contributed by atoms with Crippen LogP contribution in [0.4, 0.5) is 9.59 Å². The molecule has 3 rings (SSSR count). The maximum absolute atomic E-state index is 12.3. The standard InChI is InChI=1S/C13H20N2O6/c1-13(2,3)21-12(19)14-8-5-7(6-8)9(10(16)20-4)15(14)11(17)18/h7-9H,5-6H2,1-4H3,(H,17,18). The lowest BCUT2D eigenvalue weighted by Crippen LogP contribution is -2.72. The first-order valence-corrected chi connectivity index (χ1v) is 6.78. The number of hydrogen-bond acceptors (Lipinski definition) is 5. The summed E-state index contributed by atoms with van der Waals surface area (Å²) in [4.78, 5) is 35.6. The molecule has 21 heavy (non-hydrogen) atoms. The van der Waals surface area contributed by atoms with E-state index in [2.05, 4.69) is 4.74 Å². The summed E-state index contributed by atoms with van der Waals surface area (Å²) in [6.45, 7) is 5.09. The highest BCUT2D eigenvalue weighted by Gasteiger charge is 2.57. The number of rotatable bonds is 1. The number of hydrogen-bond donors (Lipinski definition) is 1. The molecule has 0 aromatic carbocycles. The highest BCUT2D eigenvalue weighted by molar-refractivity contribution is 5.84. The van der Waals surface area contributed by atoms with E-state index in [1.54, 1.807) is 20.8 Å². The SMILES string of the molecule is COC(=O)C1C2CC(C2)N(C(=O)OC(C)(C)C)N1C(=O)O. The molecule has 2 saturated heterocycles. The number of carbonyl (C=O) groups is 3. The van der Waals surface area contributed by atoms with Gasteiger partial charge in [-0.2, -0.15) is 5.01 Å². The number of hydrazine groups is 1. The average Bonchev–Trinajstić information content (AvgIpc) is 2.32. The number of esters is 1. The fraction of sp³-hybridized carbons (Fsp3) is 0.769. The maximum atomic E-state index is 12.3. The van der Waals surface area contributed by atoms with E-state index in [9.17, 15) is 19.5 Å². The van der Waals surface area contributed by atoms with Crippen LogP contribution in [-0.2, 0) is 14.3 Å². The van der Waals surface area contributed by atoms with E-state index in [0.717, 1.165) is 10.0 Å². The largest absolute Gasteiger partial charge is 0.467 e. The van der Waals surface area contributed by atoms with Crippen LogP contribution >= 0.6 is 0 Å². The van der Waals surface area contributed by atoms with Crippen molar-refractivity contribution in [2.45, 2.75) is 51.3 Å². The predicted molar refractivity (Wildman–Crippen MR) is 70.3 cm³/mol. The lowest BCUT2D eigenvalue weighted by molar-refractivity contribution is -0.189. The Kier molecular flexibility index (Phi) is 3.73. The third-order valence-electron chi connectivity index (χ3n) is 3.66. The van der Waals surface area contributed by atoms with Crippen LogP contribution in [0.1, 0.15) is 33.6 Å². The molecule has 1 saturated carbocycles. The van der Waals surface area contributed by atoms with Gasteiger partial charge < -0.3 is 14.6 Å². The normalized spacial score (nSPS) is 27.7. The fourth-order valence-corrected chi connectivity index (χ4v) is 2.77. The molecular weight excluding hydrogens is 280 g/mol. The van der Waals surface area contributed by atoms with E-state index in [1.165, 1.54) is 7.11 Å². The minimum absolute atomic E-state index is 0.114. The van der Waals surface area contributed by atoms with Gasteiger partial charge in [0, 0.05) is 0 Å². The molecule has 0 aromatic heterocycles. The van der Waals surface area contributed by atoms with Crippen molar-refractivity contribution >= 4 is 18.2 Å². The van der Waals surface area contributed by atoms with Gasteiger partial charge in [0.25, 0.3) is 0 Å². The molecule has 8 heteroatoms. The number of nitrogens with zero attached hydrogens (tertiary/aromatic N) is 2. The molecular formula is C13H20N2O6. The van der Waals surface area contributed by atoms with Crippen molar-refractivity contribution in [3.8, 4) is 0 Å². The van der Waals surface area contributed by atoms with Gasteiger partial charge in [0.2, 0.25) is 0 Å². The Hall–Kier alpha value is -1.99. The van der Waals surface area contributed by atoms with E-state index in [1.807, 2.05) is 0 Å². The molecule has 1 N–H and O–H groups in total. The Morgan fingerprint density at radius 1 is 1.14 bits per heavy atom. The lowest BCUT2D eigenvalue weighted by atomic mass is 9.72. The van der Waals surface area contributed by atoms with Crippen molar-refractivity contribution in [1.82, 2.24) is 10.0 Å². The van der Waals surface area contributed by atoms with Gasteiger partial charge in [-0.25, -0.2) is 19.4 Å². The monoisotopic (exact) mass is 300 g/mol. The molecule has 8 nitrogen and oxygen atoms in total. The summed E-state index contributed by atoms with van der Waals surface area (Å²) in [5.41, 5.74) is -0.747. The van der Waals surface area contributed by atoms with E-state index in [4.69, 9.17) is 4.74 Å². The zero-order valence-electron chi connectivity index (χ0n) is 12.5. The summed E-state index contributed by atoms with van der Waals surface area (Å²) in [6, 6.07) is -1.24. The second kappa shape index (κ2) is 5.09. The molecule has 1 unspecified atom stereocenters. The summed E-state index contributed by atoms with van der Waals surface area (Å²) >= 11 is 0. The van der Waals surface area contributed by atoms with Crippen LogP contribution in [0.15, 0.2) is 0 Å². The smallest absolute Gasteiger partial charge is 0.429 e. The van der Waals surface area contributed by atoms with Crippen molar-refractivity contribution in [3.63, 3.8) is 0 Å². The van der Waals surface area contributed by atoms with E-state index < -0.39 is 29.8 Å². The number of amides is 2. The minimum Gasteiger partial charge on any atom is -0.467 e. The zero-order chi connectivity index (χ0) is 15.9. The second-order valence-corrected chi connectivity index (χ2v) is 6.31. The Balaban J connectivity index is 2.28. The van der Waals surface area contributed by atoms with Crippen molar-refractivity contribution < 1.29 is 29.0 Å². The van der Waals surface area contributed by atoms with Crippen molar-refractivity contribution in [3.05, 3.63) is 0 Å². The van der Waals surface area contributed by atoms with Gasteiger partial charge in [-0.3, -0.25) is 0 Å². The third kappa shape index (κ3) is 2.74. The number of fused-ring (bicyclic) bond motifs is 2. The highest BCUT2D eigenvalue weighted by Crippen LogP contribution is 2.44. The van der Waals surface area contributed by atoms with E-state index in [0.29, 0.717) is 12.8 Å². The molecule has 0 aromatic rings. The minimum atomic E-state index is -1.37. The van der Waals surface area contributed by atoms with Gasteiger partial charge in [0.15, 0.2) is 6.04 Å². The van der Waals surface area contributed by atoms with Crippen molar-refractivity contribution in [2.75, 3.05) is 7.11 Å². The van der Waals surface area contributed by atoms with Crippen LogP contribution in [0.2, 0.25) is 0 Å². The number of carboxylic acid groups (broad SMARTS) is 1. The summed E-state index contributed by atoms with van der Waals surface area (Å²) in [5.74, 6) is -0.772. The summed E-state index contributed by atoms with van der Waals surface area (Å²) in [5, 5.41) is 11.2. The van der Waals surface area contributed by atoms with Crippen LogP contribution in [0.5, 0.6) is 0 Å². The summed E-state index contributed by atoms with van der Waals surface area (Å²) in [6.07, 6.45) is -0.987. The molecule has 3 aliphatic rings. The van der Waals surface area contributed by atoms with Gasteiger partial charge >= 0.3 is 18.2 Å². The molecule has 1 atom stereocenters. The summed E-state index contributed by atoms with van der Waals surface area (Å²) < 4.78 is 9.92.